The topological polar surface area (TPSA) is 37.6 Å². The minimum atomic E-state index is 0.0667. The van der Waals surface area contributed by atoms with E-state index in [0.29, 0.717) is 12.1 Å². The molecule has 1 fully saturated rings. The number of methoxy groups -OCH3 is 1. The third-order valence-corrected chi connectivity index (χ3v) is 5.27. The Labute approximate surface area is 154 Å². The molecule has 4 nitrogen and oxygen atoms in total. The number of para-hydroxylation sites is 1. The van der Waals surface area contributed by atoms with Gasteiger partial charge in [0.15, 0.2) is 0 Å². The molecule has 0 amide bonds. The van der Waals surface area contributed by atoms with Crippen LogP contribution in [-0.4, -0.2) is 37.2 Å². The zero-order valence-electron chi connectivity index (χ0n) is 15.6. The highest BCUT2D eigenvalue weighted by molar-refractivity contribution is 5.78. The average molecular weight is 350 g/mol. The molecule has 0 aliphatic carbocycles. The molecule has 136 valence electrons. The number of nitrogens with one attached hydrogen (secondary N) is 1. The summed E-state index contributed by atoms with van der Waals surface area (Å²) in [6.07, 6.45) is 0. The number of rotatable bonds is 4. The van der Waals surface area contributed by atoms with Crippen molar-refractivity contribution in [2.75, 3.05) is 20.2 Å². The summed E-state index contributed by atoms with van der Waals surface area (Å²) < 4.78 is 11.8. The number of piperazine rings is 1. The van der Waals surface area contributed by atoms with Gasteiger partial charge in [-0.3, -0.25) is 4.90 Å². The van der Waals surface area contributed by atoms with Gasteiger partial charge in [-0.2, -0.15) is 0 Å². The van der Waals surface area contributed by atoms with E-state index in [2.05, 4.69) is 60.5 Å². The first-order valence-electron chi connectivity index (χ1n) is 9.27. The molecule has 2 heterocycles. The molecule has 4 heteroatoms. The van der Waals surface area contributed by atoms with Gasteiger partial charge < -0.3 is 14.5 Å². The number of fused-ring (bicyclic) bond motifs is 1. The molecule has 2 aromatic carbocycles. The Morgan fingerprint density at radius 1 is 1.12 bits per heavy atom. The first kappa shape index (κ1) is 17.1. The smallest absolute Gasteiger partial charge is 0.134 e. The first-order chi connectivity index (χ1) is 12.7. The van der Waals surface area contributed by atoms with Crippen LogP contribution in [0.3, 0.4) is 0 Å². The summed E-state index contributed by atoms with van der Waals surface area (Å²) in [4.78, 5) is 2.54. The van der Waals surface area contributed by atoms with Crippen LogP contribution in [0, 0.1) is 0 Å². The summed E-state index contributed by atoms with van der Waals surface area (Å²) in [6.45, 7) is 6.46. The normalized spacial score (nSPS) is 22.4. The highest BCUT2D eigenvalue weighted by atomic mass is 16.5. The van der Waals surface area contributed by atoms with Gasteiger partial charge in [-0.1, -0.05) is 30.3 Å². The summed E-state index contributed by atoms with van der Waals surface area (Å²) in [7, 11) is 1.71. The second kappa shape index (κ2) is 7.14. The molecule has 0 spiro atoms. The molecule has 1 saturated heterocycles. The van der Waals surface area contributed by atoms with Crippen LogP contribution in [0.25, 0.3) is 11.0 Å². The number of nitrogens with zero attached hydrogens (tertiary/aromatic N) is 1. The van der Waals surface area contributed by atoms with Crippen LogP contribution < -0.4 is 10.1 Å². The summed E-state index contributed by atoms with van der Waals surface area (Å²) in [5.41, 5.74) is 2.13. The van der Waals surface area contributed by atoms with Gasteiger partial charge in [0.1, 0.15) is 17.1 Å². The van der Waals surface area contributed by atoms with E-state index >= 15 is 0 Å². The third kappa shape index (κ3) is 3.22. The molecule has 4 rings (SSSR count). The number of benzene rings is 2. The standard InChI is InChI=1S/C22H26N2O2/c1-15-14-24(16(2)13-23-15)22(18-8-6-9-19(11-18)25-3)21-12-17-7-4-5-10-20(17)26-21/h4-12,15-16,22-23H,13-14H2,1-3H3. The van der Waals surface area contributed by atoms with Crippen LogP contribution in [0.4, 0.5) is 0 Å². The lowest BCUT2D eigenvalue weighted by molar-refractivity contribution is 0.103. The van der Waals surface area contributed by atoms with Gasteiger partial charge in [-0.15, -0.1) is 0 Å². The Morgan fingerprint density at radius 2 is 1.96 bits per heavy atom. The van der Waals surface area contributed by atoms with Crippen molar-refractivity contribution < 1.29 is 9.15 Å². The number of furan rings is 1. The minimum Gasteiger partial charge on any atom is -0.497 e. The van der Waals surface area contributed by atoms with Crippen LogP contribution in [-0.2, 0) is 0 Å². The predicted octanol–water partition coefficient (Wildman–Crippen LogP) is 4.21. The van der Waals surface area contributed by atoms with Crippen LogP contribution in [0.5, 0.6) is 5.75 Å². The molecule has 1 aliphatic heterocycles. The third-order valence-electron chi connectivity index (χ3n) is 5.27. The van der Waals surface area contributed by atoms with E-state index in [0.717, 1.165) is 35.6 Å². The molecular formula is C22H26N2O2. The lowest BCUT2D eigenvalue weighted by Crippen LogP contribution is -2.55. The van der Waals surface area contributed by atoms with Gasteiger partial charge in [-0.05, 0) is 43.7 Å². The lowest BCUT2D eigenvalue weighted by Gasteiger charge is -2.42. The molecule has 0 radical (unpaired) electrons. The van der Waals surface area contributed by atoms with E-state index in [9.17, 15) is 0 Å². The Morgan fingerprint density at radius 3 is 2.77 bits per heavy atom. The number of hydrogen-bond acceptors (Lipinski definition) is 4. The maximum atomic E-state index is 6.29. The molecule has 0 saturated carbocycles. The quantitative estimate of drug-likeness (QED) is 0.765. The van der Waals surface area contributed by atoms with Gasteiger partial charge in [0.05, 0.1) is 13.2 Å². The van der Waals surface area contributed by atoms with Crippen LogP contribution >= 0.6 is 0 Å². The molecular weight excluding hydrogens is 324 g/mol. The molecule has 0 bridgehead atoms. The molecule has 1 N–H and O–H groups in total. The second-order valence-corrected chi connectivity index (χ2v) is 7.22. The van der Waals surface area contributed by atoms with Crippen LogP contribution in [0.1, 0.15) is 31.2 Å². The molecule has 3 aromatic rings. The maximum Gasteiger partial charge on any atom is 0.134 e. The van der Waals surface area contributed by atoms with Gasteiger partial charge in [0.2, 0.25) is 0 Å². The average Bonchev–Trinajstić information content (AvgIpc) is 3.08. The summed E-state index contributed by atoms with van der Waals surface area (Å²) in [5, 5.41) is 4.72. The fourth-order valence-corrected chi connectivity index (χ4v) is 3.88. The van der Waals surface area contributed by atoms with Crippen molar-refractivity contribution in [2.45, 2.75) is 32.0 Å². The molecule has 1 aliphatic rings. The Balaban J connectivity index is 1.82. The minimum absolute atomic E-state index is 0.0667. The Hall–Kier alpha value is -2.30. The van der Waals surface area contributed by atoms with E-state index in [1.165, 1.54) is 5.56 Å². The molecule has 3 unspecified atom stereocenters. The monoisotopic (exact) mass is 350 g/mol. The predicted molar refractivity (Wildman–Crippen MR) is 105 cm³/mol. The van der Waals surface area contributed by atoms with Gasteiger partial charge >= 0.3 is 0 Å². The van der Waals surface area contributed by atoms with Crippen molar-refractivity contribution in [3.8, 4) is 5.75 Å². The van der Waals surface area contributed by atoms with E-state index in [1.807, 2.05) is 18.2 Å². The maximum absolute atomic E-state index is 6.29. The highest BCUT2D eigenvalue weighted by Crippen LogP contribution is 2.36. The SMILES string of the molecule is COc1cccc(C(c2cc3ccccc3o2)N2CC(C)NCC2C)c1. The van der Waals surface area contributed by atoms with Crippen LogP contribution in [0.2, 0.25) is 0 Å². The first-order valence-corrected chi connectivity index (χ1v) is 9.27. The molecule has 1 aromatic heterocycles. The van der Waals surface area contributed by atoms with Gasteiger partial charge in [0, 0.05) is 30.6 Å². The zero-order valence-corrected chi connectivity index (χ0v) is 15.6. The Bertz CT molecular complexity index is 855. The van der Waals surface area contributed by atoms with E-state index < -0.39 is 0 Å². The Kier molecular flexibility index (Phi) is 4.70. The van der Waals surface area contributed by atoms with Crippen molar-refractivity contribution >= 4 is 11.0 Å². The van der Waals surface area contributed by atoms with E-state index in [-0.39, 0.29) is 6.04 Å². The van der Waals surface area contributed by atoms with Gasteiger partial charge in [-0.25, -0.2) is 0 Å². The van der Waals surface area contributed by atoms with Crippen molar-refractivity contribution in [1.82, 2.24) is 10.2 Å². The summed E-state index contributed by atoms with van der Waals surface area (Å²) in [5.74, 6) is 1.86. The van der Waals surface area contributed by atoms with E-state index in [4.69, 9.17) is 9.15 Å². The lowest BCUT2D eigenvalue weighted by atomic mass is 9.98. The van der Waals surface area contributed by atoms with Crippen molar-refractivity contribution in [3.05, 3.63) is 65.9 Å². The van der Waals surface area contributed by atoms with Crippen LogP contribution in [0.15, 0.2) is 59.0 Å². The highest BCUT2D eigenvalue weighted by Gasteiger charge is 2.33. The van der Waals surface area contributed by atoms with Crippen molar-refractivity contribution in [3.63, 3.8) is 0 Å². The van der Waals surface area contributed by atoms with E-state index in [1.54, 1.807) is 7.11 Å². The largest absolute Gasteiger partial charge is 0.497 e. The van der Waals surface area contributed by atoms with Crippen molar-refractivity contribution in [2.24, 2.45) is 0 Å². The number of hydrogen-bond donors (Lipinski definition) is 1. The van der Waals surface area contributed by atoms with Crippen molar-refractivity contribution in [1.29, 1.82) is 0 Å². The second-order valence-electron chi connectivity index (χ2n) is 7.22. The number of ether oxygens (including phenoxy) is 1. The van der Waals surface area contributed by atoms with Gasteiger partial charge in [0.25, 0.3) is 0 Å². The summed E-state index contributed by atoms with van der Waals surface area (Å²) in [6, 6.07) is 19.7. The summed E-state index contributed by atoms with van der Waals surface area (Å²) >= 11 is 0. The molecule has 26 heavy (non-hydrogen) atoms. The fraction of sp³-hybridized carbons (Fsp3) is 0.364. The fourth-order valence-electron chi connectivity index (χ4n) is 3.88. The molecule has 3 atom stereocenters. The zero-order chi connectivity index (χ0) is 18.1.